The Kier molecular flexibility index (Phi) is 2.85. The molecule has 58 valence electrons. The van der Waals surface area contributed by atoms with Gasteiger partial charge in [-0.1, -0.05) is 0 Å². The van der Waals surface area contributed by atoms with E-state index in [2.05, 4.69) is 14.4 Å². The van der Waals surface area contributed by atoms with Crippen LogP contribution in [-0.2, 0) is 4.81 Å². The van der Waals surface area contributed by atoms with Crippen LogP contribution in [0, 0.1) is 0 Å². The molecule has 0 aliphatic heterocycles. The van der Waals surface area contributed by atoms with Gasteiger partial charge in [0.1, 0.15) is 5.75 Å². The summed E-state index contributed by atoms with van der Waals surface area (Å²) in [5, 5.41) is 16.5. The molecular formula is C5H6BNO4. The SMILES string of the molecule is OOB(O)Oc1cccnc1. The average molecular weight is 155 g/mol. The van der Waals surface area contributed by atoms with Crippen molar-refractivity contribution in [3.63, 3.8) is 0 Å². The van der Waals surface area contributed by atoms with Gasteiger partial charge in [0.2, 0.25) is 0 Å². The van der Waals surface area contributed by atoms with Gasteiger partial charge < -0.3 is 9.68 Å². The van der Waals surface area contributed by atoms with Gasteiger partial charge in [-0.05, 0) is 12.1 Å². The zero-order valence-electron chi connectivity index (χ0n) is 5.54. The fourth-order valence-corrected chi connectivity index (χ4v) is 0.555. The van der Waals surface area contributed by atoms with Gasteiger partial charge in [-0.3, -0.25) is 10.2 Å². The largest absolute Gasteiger partial charge is 0.738 e. The maximum Gasteiger partial charge on any atom is 0.738 e. The molecular weight excluding hydrogens is 149 g/mol. The Morgan fingerprint density at radius 1 is 1.55 bits per heavy atom. The van der Waals surface area contributed by atoms with Crippen molar-refractivity contribution in [2.75, 3.05) is 0 Å². The molecule has 1 rings (SSSR count). The van der Waals surface area contributed by atoms with Crippen LogP contribution >= 0.6 is 0 Å². The maximum absolute atomic E-state index is 8.59. The monoisotopic (exact) mass is 155 g/mol. The first-order valence-electron chi connectivity index (χ1n) is 2.88. The highest BCUT2D eigenvalue weighted by molar-refractivity contribution is 6.35. The summed E-state index contributed by atoms with van der Waals surface area (Å²) in [7, 11) is -1.67. The minimum absolute atomic E-state index is 0.314. The maximum atomic E-state index is 8.59. The van der Waals surface area contributed by atoms with Crippen LogP contribution in [0.15, 0.2) is 24.5 Å². The van der Waals surface area contributed by atoms with Crippen LogP contribution < -0.4 is 4.65 Å². The molecule has 11 heavy (non-hydrogen) atoms. The van der Waals surface area contributed by atoms with E-state index >= 15 is 0 Å². The highest BCUT2D eigenvalue weighted by atomic mass is 17.1. The quantitative estimate of drug-likeness (QED) is 0.363. The summed E-state index contributed by atoms with van der Waals surface area (Å²) in [5.74, 6) is 0.314. The Balaban J connectivity index is 2.51. The van der Waals surface area contributed by atoms with E-state index in [9.17, 15) is 0 Å². The van der Waals surface area contributed by atoms with E-state index in [4.69, 9.17) is 10.3 Å². The molecule has 0 saturated heterocycles. The van der Waals surface area contributed by atoms with Gasteiger partial charge in [0, 0.05) is 6.20 Å². The van der Waals surface area contributed by atoms with E-state index in [1.807, 2.05) is 0 Å². The summed E-state index contributed by atoms with van der Waals surface area (Å²) in [5.41, 5.74) is 0. The summed E-state index contributed by atoms with van der Waals surface area (Å²) in [4.78, 5) is 7.16. The molecule has 5 nitrogen and oxygen atoms in total. The van der Waals surface area contributed by atoms with E-state index < -0.39 is 7.32 Å². The van der Waals surface area contributed by atoms with Gasteiger partial charge in [-0.25, -0.2) is 4.81 Å². The van der Waals surface area contributed by atoms with Gasteiger partial charge in [-0.2, -0.15) is 0 Å². The van der Waals surface area contributed by atoms with Crippen molar-refractivity contribution in [2.24, 2.45) is 0 Å². The van der Waals surface area contributed by atoms with Gasteiger partial charge in [0.05, 0.1) is 6.20 Å². The van der Waals surface area contributed by atoms with E-state index in [-0.39, 0.29) is 0 Å². The second-order valence-corrected chi connectivity index (χ2v) is 1.72. The van der Waals surface area contributed by atoms with Gasteiger partial charge >= 0.3 is 7.32 Å². The predicted octanol–water partition coefficient (Wildman–Crippen LogP) is -0.0728. The lowest BCUT2D eigenvalue weighted by atomic mass is 10.2. The zero-order valence-corrected chi connectivity index (χ0v) is 5.54. The van der Waals surface area contributed by atoms with Crippen LogP contribution in [0.1, 0.15) is 0 Å². The molecule has 0 unspecified atom stereocenters. The van der Waals surface area contributed by atoms with Crippen LogP contribution in [0.2, 0.25) is 0 Å². The Labute approximate surface area is 63.3 Å². The fraction of sp³-hybridized carbons (Fsp3) is 0. The molecule has 6 heteroatoms. The van der Waals surface area contributed by atoms with Crippen molar-refractivity contribution in [3.05, 3.63) is 24.5 Å². The van der Waals surface area contributed by atoms with Crippen LogP contribution in [0.5, 0.6) is 5.75 Å². The van der Waals surface area contributed by atoms with Gasteiger partial charge in [-0.15, -0.1) is 0 Å². The van der Waals surface area contributed by atoms with E-state index in [0.717, 1.165) is 0 Å². The molecule has 1 aromatic heterocycles. The first kappa shape index (κ1) is 8.00. The normalized spacial score (nSPS) is 9.27. The molecule has 0 atom stereocenters. The molecule has 0 radical (unpaired) electrons. The minimum atomic E-state index is -1.67. The van der Waals surface area contributed by atoms with E-state index in [1.165, 1.54) is 6.20 Å². The van der Waals surface area contributed by atoms with Crippen molar-refractivity contribution in [2.45, 2.75) is 0 Å². The van der Waals surface area contributed by atoms with Gasteiger partial charge in [0.15, 0.2) is 0 Å². The average Bonchev–Trinajstić information content (AvgIpc) is 2.06. The van der Waals surface area contributed by atoms with E-state index in [0.29, 0.717) is 5.75 Å². The van der Waals surface area contributed by atoms with Crippen LogP contribution in [-0.4, -0.2) is 22.6 Å². The third-order valence-electron chi connectivity index (χ3n) is 0.961. The summed E-state index contributed by atoms with van der Waals surface area (Å²) in [6, 6.07) is 3.19. The number of hydrogen-bond donors (Lipinski definition) is 2. The molecule has 0 spiro atoms. The van der Waals surface area contributed by atoms with Crippen LogP contribution in [0.4, 0.5) is 0 Å². The topological polar surface area (TPSA) is 71.8 Å². The molecule has 0 aliphatic carbocycles. The highest BCUT2D eigenvalue weighted by Crippen LogP contribution is 2.06. The molecule has 0 amide bonds. The van der Waals surface area contributed by atoms with Crippen molar-refractivity contribution in [1.82, 2.24) is 4.98 Å². The Hall–Kier alpha value is -1.11. The number of pyridine rings is 1. The third-order valence-corrected chi connectivity index (χ3v) is 0.961. The summed E-state index contributed by atoms with van der Waals surface area (Å²) >= 11 is 0. The lowest BCUT2D eigenvalue weighted by molar-refractivity contribution is -0.171. The lowest BCUT2D eigenvalue weighted by Gasteiger charge is -2.03. The number of nitrogens with zero attached hydrogens (tertiary/aromatic N) is 1. The zero-order chi connectivity index (χ0) is 8.10. The lowest BCUT2D eigenvalue weighted by Crippen LogP contribution is -2.24. The molecule has 0 aliphatic rings. The molecule has 2 N–H and O–H groups in total. The first-order valence-corrected chi connectivity index (χ1v) is 2.88. The smallest absolute Gasteiger partial charge is 0.509 e. The third kappa shape index (κ3) is 2.54. The van der Waals surface area contributed by atoms with Crippen molar-refractivity contribution < 1.29 is 19.7 Å². The summed E-state index contributed by atoms with van der Waals surface area (Å²) in [6.07, 6.45) is 2.93. The Bertz CT molecular complexity index is 207. The molecule has 1 heterocycles. The molecule has 0 aromatic carbocycles. The standard InChI is InChI=1S/C5H6BNO4/c8-6(11-9)10-5-2-1-3-7-4-5/h1-4,8-9H. The summed E-state index contributed by atoms with van der Waals surface area (Å²) in [6.45, 7) is 0. The fourth-order valence-electron chi connectivity index (χ4n) is 0.555. The van der Waals surface area contributed by atoms with Gasteiger partial charge in [0.25, 0.3) is 0 Å². The summed E-state index contributed by atoms with van der Waals surface area (Å²) < 4.78 is 4.58. The Morgan fingerprint density at radius 2 is 2.36 bits per heavy atom. The minimum Gasteiger partial charge on any atom is -0.509 e. The second kappa shape index (κ2) is 3.92. The van der Waals surface area contributed by atoms with Crippen molar-refractivity contribution >= 4 is 7.32 Å². The van der Waals surface area contributed by atoms with Crippen LogP contribution in [0.3, 0.4) is 0 Å². The number of hydrogen-bond acceptors (Lipinski definition) is 5. The van der Waals surface area contributed by atoms with Crippen molar-refractivity contribution in [1.29, 1.82) is 0 Å². The molecule has 0 bridgehead atoms. The predicted molar refractivity (Wildman–Crippen MR) is 36.6 cm³/mol. The first-order chi connectivity index (χ1) is 5.33. The number of rotatable bonds is 3. The van der Waals surface area contributed by atoms with Crippen LogP contribution in [0.25, 0.3) is 0 Å². The van der Waals surface area contributed by atoms with E-state index in [1.54, 1.807) is 18.3 Å². The highest BCUT2D eigenvalue weighted by Gasteiger charge is 2.17. The molecule has 0 fully saturated rings. The molecule has 0 saturated carbocycles. The van der Waals surface area contributed by atoms with Crippen molar-refractivity contribution in [3.8, 4) is 5.75 Å². The second-order valence-electron chi connectivity index (χ2n) is 1.72. The molecule has 1 aromatic rings. The Morgan fingerprint density at radius 3 is 2.91 bits per heavy atom. The number of aromatic nitrogens is 1.